The molecule has 0 aliphatic carbocycles. The third-order valence-electron chi connectivity index (χ3n) is 3.39. The fourth-order valence-electron chi connectivity index (χ4n) is 2.12. The van der Waals surface area contributed by atoms with Crippen LogP contribution >= 0.6 is 11.6 Å². The molecular weight excluding hydrogens is 383 g/mol. The lowest BCUT2D eigenvalue weighted by Crippen LogP contribution is -2.30. The van der Waals surface area contributed by atoms with Gasteiger partial charge in [-0.25, -0.2) is 0 Å². The number of nitrogens with one attached hydrogen (secondary N) is 1. The first kappa shape index (κ1) is 23.0. The number of halogens is 4. The molecule has 0 aliphatic heterocycles. The van der Waals surface area contributed by atoms with Crippen molar-refractivity contribution in [1.29, 1.82) is 0 Å². The zero-order valence-electron chi connectivity index (χ0n) is 15.7. The molecule has 1 aromatic carbocycles. The van der Waals surface area contributed by atoms with Crippen LogP contribution in [0.4, 0.5) is 13.2 Å². The molecule has 1 aromatic rings. The van der Waals surface area contributed by atoms with Crippen LogP contribution in [0.5, 0.6) is 0 Å². The minimum Gasteiger partial charge on any atom is -0.408 e. The molecule has 0 atom stereocenters. The monoisotopic (exact) mass is 407 g/mol. The van der Waals surface area contributed by atoms with E-state index in [0.717, 1.165) is 11.1 Å². The molecule has 0 saturated heterocycles. The van der Waals surface area contributed by atoms with Gasteiger partial charge in [-0.2, -0.15) is 13.2 Å². The predicted octanol–water partition coefficient (Wildman–Crippen LogP) is 5.04. The maximum absolute atomic E-state index is 12.2. The topological polar surface area (TPSA) is 38.3 Å². The lowest BCUT2D eigenvalue weighted by Gasteiger charge is -2.30. The summed E-state index contributed by atoms with van der Waals surface area (Å²) in [6.45, 7) is 10.3. The largest absolute Gasteiger partial charge is 0.408 e. The van der Waals surface area contributed by atoms with E-state index in [0.29, 0.717) is 11.4 Å². The lowest BCUT2D eigenvalue weighted by molar-refractivity contribution is -0.153. The third kappa shape index (κ3) is 8.55. The van der Waals surface area contributed by atoms with E-state index in [-0.39, 0.29) is 21.3 Å². The zero-order chi connectivity index (χ0) is 20.2. The molecule has 0 saturated carbocycles. The van der Waals surface area contributed by atoms with Crippen molar-refractivity contribution in [3.8, 4) is 0 Å². The van der Waals surface area contributed by atoms with Gasteiger partial charge in [0.15, 0.2) is 0 Å². The molecule has 8 heteroatoms. The molecule has 0 aliphatic rings. The van der Waals surface area contributed by atoms with E-state index >= 15 is 0 Å². The quantitative estimate of drug-likeness (QED) is 0.643. The Balaban J connectivity index is 2.73. The standard InChI is InChI=1S/C18H25ClF3NO2Si/c1-16(2,3)26-25-17(4,5)13-10-12(6-7-14(13)19)8-9-23-15(24)11-18(20,21)22/h6-7,10H,8-9,11H2,1-5H3,(H,23,24). The third-order valence-corrected chi connectivity index (χ3v) is 4.94. The Kier molecular flexibility index (Phi) is 7.74. The summed E-state index contributed by atoms with van der Waals surface area (Å²) in [5.74, 6) is -1.03. The highest BCUT2D eigenvalue weighted by Crippen LogP contribution is 2.34. The van der Waals surface area contributed by atoms with Crippen LogP contribution in [0.2, 0.25) is 10.1 Å². The lowest BCUT2D eigenvalue weighted by atomic mass is 9.95. The fourth-order valence-corrected chi connectivity index (χ4v) is 3.13. The first-order valence-corrected chi connectivity index (χ1v) is 9.56. The summed E-state index contributed by atoms with van der Waals surface area (Å²) in [5, 5.41) is 2.88. The second-order valence-corrected chi connectivity index (χ2v) is 9.99. The molecule has 26 heavy (non-hydrogen) atoms. The van der Waals surface area contributed by atoms with Gasteiger partial charge in [0.25, 0.3) is 0 Å². The van der Waals surface area contributed by atoms with E-state index in [4.69, 9.17) is 16.0 Å². The number of benzene rings is 1. The summed E-state index contributed by atoms with van der Waals surface area (Å²) in [6.07, 6.45) is -5.55. The molecule has 1 amide bonds. The van der Waals surface area contributed by atoms with Crippen molar-refractivity contribution in [2.45, 2.75) is 64.3 Å². The Hall–Kier alpha value is -1.05. The van der Waals surface area contributed by atoms with Gasteiger partial charge >= 0.3 is 6.18 Å². The molecule has 0 aromatic heterocycles. The molecule has 146 valence electrons. The van der Waals surface area contributed by atoms with Crippen LogP contribution in [-0.2, 0) is 21.2 Å². The smallest absolute Gasteiger partial charge is 0.397 e. The van der Waals surface area contributed by atoms with Crippen LogP contribution in [0.1, 0.15) is 52.2 Å². The van der Waals surface area contributed by atoms with Gasteiger partial charge < -0.3 is 9.74 Å². The minimum atomic E-state index is -4.49. The number of hydrogen-bond acceptors (Lipinski definition) is 2. The summed E-state index contributed by atoms with van der Waals surface area (Å²) >= 11 is 6.32. The molecule has 3 nitrogen and oxygen atoms in total. The fraction of sp³-hybridized carbons (Fsp3) is 0.611. The molecule has 0 fully saturated rings. The van der Waals surface area contributed by atoms with Gasteiger partial charge in [-0.1, -0.05) is 44.5 Å². The van der Waals surface area contributed by atoms with Gasteiger partial charge in [-0.05, 0) is 36.9 Å². The van der Waals surface area contributed by atoms with Gasteiger partial charge in [-0.3, -0.25) is 4.79 Å². The van der Waals surface area contributed by atoms with Crippen molar-refractivity contribution < 1.29 is 22.4 Å². The highest BCUT2D eigenvalue weighted by molar-refractivity contribution is 6.32. The Morgan fingerprint density at radius 2 is 1.81 bits per heavy atom. The van der Waals surface area contributed by atoms with Crippen molar-refractivity contribution in [3.63, 3.8) is 0 Å². The highest BCUT2D eigenvalue weighted by Gasteiger charge is 2.31. The predicted molar refractivity (Wildman–Crippen MR) is 98.4 cm³/mol. The SMILES string of the molecule is CC(C)(C)[Si]OC(C)(C)c1cc(CCNC(=O)CC(F)(F)F)ccc1Cl. The van der Waals surface area contributed by atoms with Gasteiger partial charge in [0.2, 0.25) is 15.7 Å². The second-order valence-electron chi connectivity index (χ2n) is 7.67. The van der Waals surface area contributed by atoms with Crippen LogP contribution < -0.4 is 5.32 Å². The Morgan fingerprint density at radius 1 is 1.19 bits per heavy atom. The summed E-state index contributed by atoms with van der Waals surface area (Å²) in [4.78, 5) is 11.2. The van der Waals surface area contributed by atoms with Crippen LogP contribution in [0, 0.1) is 0 Å². The normalized spacial score (nSPS) is 13.0. The number of alkyl halides is 3. The Labute approximate surface area is 160 Å². The van der Waals surface area contributed by atoms with Crippen LogP contribution in [0.3, 0.4) is 0 Å². The Bertz CT molecular complexity index is 628. The van der Waals surface area contributed by atoms with E-state index in [1.165, 1.54) is 0 Å². The van der Waals surface area contributed by atoms with Gasteiger partial charge in [0, 0.05) is 17.1 Å². The summed E-state index contributed by atoms with van der Waals surface area (Å²) in [6, 6.07) is 5.42. The number of carbonyl (C=O) groups excluding carboxylic acids is 1. The van der Waals surface area contributed by atoms with Gasteiger partial charge in [0.05, 0.1) is 5.60 Å². The van der Waals surface area contributed by atoms with Crippen molar-refractivity contribution in [2.24, 2.45) is 0 Å². The average molecular weight is 408 g/mol. The zero-order valence-corrected chi connectivity index (χ0v) is 17.4. The van der Waals surface area contributed by atoms with Crippen LogP contribution in [0.25, 0.3) is 0 Å². The molecule has 0 unspecified atom stereocenters. The molecule has 0 heterocycles. The maximum atomic E-state index is 12.2. The van der Waals surface area contributed by atoms with Gasteiger partial charge in [0.1, 0.15) is 6.42 Å². The average Bonchev–Trinajstić information content (AvgIpc) is 2.44. The second kappa shape index (κ2) is 8.76. The Morgan fingerprint density at radius 3 is 2.35 bits per heavy atom. The molecule has 0 bridgehead atoms. The van der Waals surface area contributed by atoms with E-state index in [1.54, 1.807) is 12.1 Å². The maximum Gasteiger partial charge on any atom is 0.397 e. The summed E-state index contributed by atoms with van der Waals surface area (Å²) in [7, 11) is 0.281. The highest BCUT2D eigenvalue weighted by atomic mass is 35.5. The van der Waals surface area contributed by atoms with Crippen LogP contribution in [-0.4, -0.2) is 28.4 Å². The molecule has 1 rings (SSSR count). The van der Waals surface area contributed by atoms with Crippen molar-refractivity contribution in [1.82, 2.24) is 5.32 Å². The summed E-state index contributed by atoms with van der Waals surface area (Å²) in [5.41, 5.74) is 1.08. The van der Waals surface area contributed by atoms with Crippen molar-refractivity contribution >= 4 is 27.3 Å². The first-order valence-electron chi connectivity index (χ1n) is 8.27. The molecule has 0 spiro atoms. The number of hydrogen-bond donors (Lipinski definition) is 1. The summed E-state index contributed by atoms with van der Waals surface area (Å²) < 4.78 is 42.5. The van der Waals surface area contributed by atoms with E-state index in [9.17, 15) is 18.0 Å². The van der Waals surface area contributed by atoms with Crippen molar-refractivity contribution in [3.05, 3.63) is 34.3 Å². The molecular formula is C18H25ClF3NO2Si. The minimum absolute atomic E-state index is 0.0319. The number of rotatable bonds is 7. The van der Waals surface area contributed by atoms with E-state index in [1.807, 2.05) is 19.9 Å². The molecule has 1 N–H and O–H groups in total. The van der Waals surface area contributed by atoms with E-state index < -0.39 is 24.1 Å². The molecule has 2 radical (unpaired) electrons. The first-order chi connectivity index (χ1) is 11.7. The number of carbonyl (C=O) groups is 1. The number of amides is 1. The van der Waals surface area contributed by atoms with Crippen LogP contribution in [0.15, 0.2) is 18.2 Å². The van der Waals surface area contributed by atoms with E-state index in [2.05, 4.69) is 26.1 Å². The van der Waals surface area contributed by atoms with Crippen molar-refractivity contribution in [2.75, 3.05) is 6.54 Å². The van der Waals surface area contributed by atoms with Gasteiger partial charge in [-0.15, -0.1) is 0 Å².